The third kappa shape index (κ3) is 1.72. The Kier molecular flexibility index (Phi) is 2.64. The highest BCUT2D eigenvalue weighted by Gasteiger charge is 2.48. The molecule has 1 aromatic carbocycles. The van der Waals surface area contributed by atoms with Gasteiger partial charge in [-0.1, -0.05) is 28.1 Å². The predicted molar refractivity (Wildman–Crippen MR) is 59.8 cm³/mol. The zero-order valence-corrected chi connectivity index (χ0v) is 9.50. The average molecular weight is 256 g/mol. The molecule has 2 nitrogen and oxygen atoms in total. The van der Waals surface area contributed by atoms with E-state index < -0.39 is 6.10 Å². The average Bonchev–Trinajstić information content (AvgIpc) is 2.97. The van der Waals surface area contributed by atoms with E-state index in [-0.39, 0.29) is 5.41 Å². The molecule has 1 atom stereocenters. The Hall–Kier alpha value is -0.380. The Morgan fingerprint density at radius 1 is 1.50 bits per heavy atom. The SMILES string of the molecule is NCC1([C@H](O)c2cccc(Br)c2)CC1. The minimum Gasteiger partial charge on any atom is -0.388 e. The van der Waals surface area contributed by atoms with E-state index in [9.17, 15) is 5.11 Å². The van der Waals surface area contributed by atoms with Crippen LogP contribution in [0.5, 0.6) is 0 Å². The molecule has 0 saturated heterocycles. The number of benzene rings is 1. The van der Waals surface area contributed by atoms with E-state index in [1.54, 1.807) is 0 Å². The van der Waals surface area contributed by atoms with Crippen molar-refractivity contribution in [1.82, 2.24) is 0 Å². The predicted octanol–water partition coefficient (Wildman–Crippen LogP) is 2.22. The van der Waals surface area contributed by atoms with Crippen LogP contribution in [0, 0.1) is 5.41 Å². The van der Waals surface area contributed by atoms with Crippen molar-refractivity contribution in [3.8, 4) is 0 Å². The van der Waals surface area contributed by atoms with Crippen LogP contribution in [0.1, 0.15) is 24.5 Å². The molecule has 0 unspecified atom stereocenters. The second-order valence-electron chi connectivity index (χ2n) is 4.02. The smallest absolute Gasteiger partial charge is 0.0858 e. The summed E-state index contributed by atoms with van der Waals surface area (Å²) in [6.45, 7) is 0.570. The Bertz CT molecular complexity index is 336. The van der Waals surface area contributed by atoms with Crippen molar-refractivity contribution in [3.63, 3.8) is 0 Å². The van der Waals surface area contributed by atoms with E-state index in [0.717, 1.165) is 22.9 Å². The first-order chi connectivity index (χ1) is 6.68. The lowest BCUT2D eigenvalue weighted by Crippen LogP contribution is -2.23. The number of rotatable bonds is 3. The second-order valence-corrected chi connectivity index (χ2v) is 4.94. The highest BCUT2D eigenvalue weighted by molar-refractivity contribution is 9.10. The summed E-state index contributed by atoms with van der Waals surface area (Å²) < 4.78 is 1.00. The van der Waals surface area contributed by atoms with Crippen molar-refractivity contribution in [2.75, 3.05) is 6.54 Å². The van der Waals surface area contributed by atoms with Gasteiger partial charge < -0.3 is 10.8 Å². The number of aliphatic hydroxyl groups is 1. The lowest BCUT2D eigenvalue weighted by Gasteiger charge is -2.20. The summed E-state index contributed by atoms with van der Waals surface area (Å²) in [5.74, 6) is 0. The van der Waals surface area contributed by atoms with E-state index in [1.807, 2.05) is 24.3 Å². The molecule has 3 N–H and O–H groups in total. The molecule has 14 heavy (non-hydrogen) atoms. The van der Waals surface area contributed by atoms with Gasteiger partial charge in [0, 0.05) is 16.4 Å². The van der Waals surface area contributed by atoms with Crippen molar-refractivity contribution < 1.29 is 5.11 Å². The van der Waals surface area contributed by atoms with Gasteiger partial charge in [-0.15, -0.1) is 0 Å². The summed E-state index contributed by atoms with van der Waals surface area (Å²) in [5.41, 5.74) is 6.59. The first-order valence-corrected chi connectivity index (χ1v) is 5.61. The van der Waals surface area contributed by atoms with Crippen LogP contribution in [0.3, 0.4) is 0 Å². The number of hydrogen-bond acceptors (Lipinski definition) is 2. The molecule has 1 aromatic rings. The normalized spacial score (nSPS) is 20.5. The minimum absolute atomic E-state index is 0.0409. The van der Waals surface area contributed by atoms with Crippen molar-refractivity contribution in [1.29, 1.82) is 0 Å². The molecule has 2 rings (SSSR count). The van der Waals surface area contributed by atoms with Crippen LogP contribution in [0.15, 0.2) is 28.7 Å². The van der Waals surface area contributed by atoms with Gasteiger partial charge in [-0.05, 0) is 30.5 Å². The zero-order chi connectivity index (χ0) is 10.2. The summed E-state index contributed by atoms with van der Waals surface area (Å²) in [6.07, 6.45) is 1.67. The Balaban J connectivity index is 2.23. The minimum atomic E-state index is -0.412. The second kappa shape index (κ2) is 3.65. The van der Waals surface area contributed by atoms with E-state index in [1.165, 1.54) is 0 Å². The Labute approximate surface area is 92.3 Å². The standard InChI is InChI=1S/C11H14BrNO/c12-9-3-1-2-8(6-9)10(14)11(7-13)4-5-11/h1-3,6,10,14H,4-5,7,13H2/t10-/m1/s1. The van der Waals surface area contributed by atoms with Gasteiger partial charge in [0.15, 0.2) is 0 Å². The summed E-state index contributed by atoms with van der Waals surface area (Å²) in [4.78, 5) is 0. The van der Waals surface area contributed by atoms with Crippen molar-refractivity contribution in [3.05, 3.63) is 34.3 Å². The molecule has 0 aliphatic heterocycles. The van der Waals surface area contributed by atoms with Crippen molar-refractivity contribution in [2.24, 2.45) is 11.1 Å². The van der Waals surface area contributed by atoms with Gasteiger partial charge >= 0.3 is 0 Å². The van der Waals surface area contributed by atoms with Gasteiger partial charge in [-0.25, -0.2) is 0 Å². The third-order valence-corrected chi connectivity index (χ3v) is 3.54. The summed E-state index contributed by atoms with van der Waals surface area (Å²) in [5, 5.41) is 10.1. The maximum absolute atomic E-state index is 10.1. The van der Waals surface area contributed by atoms with Crippen LogP contribution in [-0.2, 0) is 0 Å². The van der Waals surface area contributed by atoms with Gasteiger partial charge in [-0.3, -0.25) is 0 Å². The van der Waals surface area contributed by atoms with Gasteiger partial charge in [-0.2, -0.15) is 0 Å². The molecular formula is C11H14BrNO. The van der Waals surface area contributed by atoms with E-state index in [0.29, 0.717) is 6.54 Å². The third-order valence-electron chi connectivity index (χ3n) is 3.04. The number of nitrogens with two attached hydrogens (primary N) is 1. The van der Waals surface area contributed by atoms with E-state index in [4.69, 9.17) is 5.73 Å². The van der Waals surface area contributed by atoms with Crippen LogP contribution in [0.2, 0.25) is 0 Å². The zero-order valence-electron chi connectivity index (χ0n) is 7.91. The maximum Gasteiger partial charge on any atom is 0.0858 e. The molecule has 0 amide bonds. The Morgan fingerprint density at radius 2 is 2.21 bits per heavy atom. The van der Waals surface area contributed by atoms with Crippen LogP contribution >= 0.6 is 15.9 Å². The van der Waals surface area contributed by atoms with Crippen LogP contribution in [-0.4, -0.2) is 11.7 Å². The lowest BCUT2D eigenvalue weighted by molar-refractivity contribution is 0.0975. The van der Waals surface area contributed by atoms with Gasteiger partial charge in [0.2, 0.25) is 0 Å². The van der Waals surface area contributed by atoms with Gasteiger partial charge in [0.25, 0.3) is 0 Å². The van der Waals surface area contributed by atoms with Crippen LogP contribution < -0.4 is 5.73 Å². The maximum atomic E-state index is 10.1. The summed E-state index contributed by atoms with van der Waals surface area (Å²) >= 11 is 3.40. The first kappa shape index (κ1) is 10.1. The van der Waals surface area contributed by atoms with Gasteiger partial charge in [0.1, 0.15) is 0 Å². The lowest BCUT2D eigenvalue weighted by atomic mass is 9.93. The van der Waals surface area contributed by atoms with Crippen LogP contribution in [0.4, 0.5) is 0 Å². The molecule has 0 heterocycles. The van der Waals surface area contributed by atoms with Gasteiger partial charge in [0.05, 0.1) is 6.10 Å². The molecule has 0 radical (unpaired) electrons. The molecule has 1 fully saturated rings. The van der Waals surface area contributed by atoms with Crippen LogP contribution in [0.25, 0.3) is 0 Å². The number of hydrogen-bond donors (Lipinski definition) is 2. The Morgan fingerprint density at radius 3 is 2.71 bits per heavy atom. The molecule has 0 aromatic heterocycles. The summed E-state index contributed by atoms with van der Waals surface area (Å²) in [6, 6.07) is 7.80. The van der Waals surface area contributed by atoms with E-state index in [2.05, 4.69) is 15.9 Å². The molecule has 76 valence electrons. The fourth-order valence-electron chi connectivity index (χ4n) is 1.78. The number of aliphatic hydroxyl groups excluding tert-OH is 1. The quantitative estimate of drug-likeness (QED) is 0.871. The van der Waals surface area contributed by atoms with Crippen molar-refractivity contribution in [2.45, 2.75) is 18.9 Å². The fourth-order valence-corrected chi connectivity index (χ4v) is 2.20. The molecule has 1 saturated carbocycles. The molecule has 0 spiro atoms. The topological polar surface area (TPSA) is 46.2 Å². The number of halogens is 1. The molecule has 1 aliphatic rings. The highest BCUT2D eigenvalue weighted by atomic mass is 79.9. The van der Waals surface area contributed by atoms with Crippen molar-refractivity contribution >= 4 is 15.9 Å². The highest BCUT2D eigenvalue weighted by Crippen LogP contribution is 2.54. The molecule has 3 heteroatoms. The fraction of sp³-hybridized carbons (Fsp3) is 0.455. The molecule has 0 bridgehead atoms. The molecular weight excluding hydrogens is 242 g/mol. The molecule has 1 aliphatic carbocycles. The monoisotopic (exact) mass is 255 g/mol. The van der Waals surface area contributed by atoms with E-state index >= 15 is 0 Å². The summed E-state index contributed by atoms with van der Waals surface area (Å²) in [7, 11) is 0. The first-order valence-electron chi connectivity index (χ1n) is 4.81. The largest absolute Gasteiger partial charge is 0.388 e.